The van der Waals surface area contributed by atoms with E-state index >= 15 is 0 Å². The van der Waals surface area contributed by atoms with Gasteiger partial charge in [0.25, 0.3) is 5.56 Å². The summed E-state index contributed by atoms with van der Waals surface area (Å²) in [7, 11) is 0. The highest BCUT2D eigenvalue weighted by atomic mass is 16.6. The summed E-state index contributed by atoms with van der Waals surface area (Å²) in [6.45, 7) is 7.75. The Balaban J connectivity index is 0. The second kappa shape index (κ2) is 13.3. The van der Waals surface area contributed by atoms with Crippen LogP contribution in [0.5, 0.6) is 0 Å². The van der Waals surface area contributed by atoms with Crippen LogP contribution in [0.3, 0.4) is 0 Å². The summed E-state index contributed by atoms with van der Waals surface area (Å²) in [5.74, 6) is -2.07. The van der Waals surface area contributed by atoms with Gasteiger partial charge in [-0.05, 0) is 27.7 Å². The fourth-order valence-electron chi connectivity index (χ4n) is 1.43. The third-order valence-corrected chi connectivity index (χ3v) is 2.50. The van der Waals surface area contributed by atoms with Crippen molar-refractivity contribution in [3.05, 3.63) is 33.9 Å². The molecule has 10 nitrogen and oxygen atoms in total. The van der Waals surface area contributed by atoms with E-state index in [-0.39, 0.29) is 32.4 Å². The van der Waals surface area contributed by atoms with E-state index in [0.717, 1.165) is 6.26 Å². The number of nitrogens with one attached hydrogen (secondary N) is 2. The lowest BCUT2D eigenvalue weighted by molar-refractivity contribution is -0.146. The predicted octanol–water partition coefficient (Wildman–Crippen LogP) is 1.16. The highest BCUT2D eigenvalue weighted by Gasteiger charge is 2.21. The molecular weight excluding hydrogens is 348 g/mol. The summed E-state index contributed by atoms with van der Waals surface area (Å²) in [5, 5.41) is 4.63. The molecule has 0 fully saturated rings. The molecule has 10 heteroatoms. The second-order valence-electron chi connectivity index (χ2n) is 4.30. The van der Waals surface area contributed by atoms with Crippen molar-refractivity contribution in [2.75, 3.05) is 26.4 Å². The number of esters is 3. The number of H-pyrrole nitrogens is 2. The Morgan fingerprint density at radius 3 is 1.88 bits per heavy atom. The lowest BCUT2D eigenvalue weighted by atomic mass is 10.3. The Kier molecular flexibility index (Phi) is 11.7. The lowest BCUT2D eigenvalue weighted by Gasteiger charge is -2.06. The molecule has 1 rings (SSSR count). The first-order chi connectivity index (χ1) is 12.4. The Morgan fingerprint density at radius 2 is 1.50 bits per heavy atom. The zero-order chi connectivity index (χ0) is 19.9. The van der Waals surface area contributed by atoms with E-state index in [0.29, 0.717) is 6.61 Å². The Morgan fingerprint density at radius 1 is 0.962 bits per heavy atom. The van der Waals surface area contributed by atoms with Gasteiger partial charge in [-0.1, -0.05) is 0 Å². The van der Waals surface area contributed by atoms with Crippen molar-refractivity contribution in [2.24, 2.45) is 0 Å². The van der Waals surface area contributed by atoms with Crippen LogP contribution in [-0.4, -0.2) is 54.5 Å². The van der Waals surface area contributed by atoms with Crippen molar-refractivity contribution in [1.29, 1.82) is 0 Å². The number of hydrogen-bond donors (Lipinski definition) is 2. The molecule has 0 saturated carbocycles. The van der Waals surface area contributed by atoms with Crippen molar-refractivity contribution in [1.82, 2.24) is 10.2 Å². The molecule has 0 aliphatic rings. The van der Waals surface area contributed by atoms with Crippen LogP contribution in [0.15, 0.2) is 22.8 Å². The molecule has 0 unspecified atom stereocenters. The van der Waals surface area contributed by atoms with Gasteiger partial charge in [0.15, 0.2) is 5.57 Å². The molecule has 1 heterocycles. The van der Waals surface area contributed by atoms with Gasteiger partial charge in [0, 0.05) is 7.62 Å². The average molecular weight is 374 g/mol. The zero-order valence-electron chi connectivity index (χ0n) is 15.2. The monoisotopic (exact) mass is 374 g/mol. The fourth-order valence-corrected chi connectivity index (χ4v) is 1.43. The number of carbonyl (C=O) groups is 3. The minimum atomic E-state index is -0.732. The number of hydrogen-bond acceptors (Lipinski definition) is 8. The van der Waals surface area contributed by atoms with E-state index in [1.165, 1.54) is 6.20 Å². The summed E-state index contributed by atoms with van der Waals surface area (Å²) in [4.78, 5) is 44.2. The van der Waals surface area contributed by atoms with E-state index in [1.807, 2.05) is 0 Å². The van der Waals surface area contributed by atoms with Gasteiger partial charge in [-0.25, -0.2) is 14.4 Å². The van der Waals surface area contributed by atoms with Crippen LogP contribution < -0.4 is 5.56 Å². The molecule has 0 aliphatic carbocycles. The number of rotatable bonds is 8. The van der Waals surface area contributed by atoms with Crippen molar-refractivity contribution >= 4 is 17.9 Å². The zero-order valence-corrected chi connectivity index (χ0v) is 15.2. The van der Waals surface area contributed by atoms with Gasteiger partial charge in [-0.2, -0.15) is 0 Å². The van der Waals surface area contributed by atoms with Crippen LogP contribution >= 0.6 is 0 Å². The summed E-state index contributed by atoms with van der Waals surface area (Å²) in [6.07, 6.45) is 2.34. The highest BCUT2D eigenvalue weighted by Crippen LogP contribution is 2.02. The molecule has 0 radical (unpaired) electrons. The third-order valence-electron chi connectivity index (χ3n) is 2.50. The third kappa shape index (κ3) is 8.18. The van der Waals surface area contributed by atoms with Crippen LogP contribution in [-0.2, 0) is 28.5 Å². The molecule has 26 heavy (non-hydrogen) atoms. The maximum Gasteiger partial charge on any atom is 0.348 e. The smallest absolute Gasteiger partial charge is 0.348 e. The molecule has 2 N–H and O–H groups in total. The molecule has 0 spiro atoms. The quantitative estimate of drug-likeness (QED) is 0.173. The minimum Gasteiger partial charge on any atom is -0.500 e. The largest absolute Gasteiger partial charge is 0.500 e. The van der Waals surface area contributed by atoms with E-state index in [2.05, 4.69) is 24.4 Å². The maximum atomic E-state index is 11.3. The SMILES string of the molecule is CCOC(=O)c1c[nH][nH]c1=O.CCOC=C(C(=O)OCC)C(=O)OCC.[HH]. The topological polar surface area (TPSA) is 137 Å². The number of carbonyl (C=O) groups excluding carboxylic acids is 3. The molecule has 0 atom stereocenters. The van der Waals surface area contributed by atoms with Crippen molar-refractivity contribution in [3.63, 3.8) is 0 Å². The average Bonchev–Trinajstić information content (AvgIpc) is 3.03. The van der Waals surface area contributed by atoms with Crippen LogP contribution in [0, 0.1) is 0 Å². The first-order valence-electron chi connectivity index (χ1n) is 8.01. The summed E-state index contributed by atoms with van der Waals surface area (Å²) in [5.41, 5.74) is -0.671. The van der Waals surface area contributed by atoms with Crippen LogP contribution in [0.4, 0.5) is 0 Å². The molecule has 0 aromatic carbocycles. The van der Waals surface area contributed by atoms with Crippen molar-refractivity contribution in [2.45, 2.75) is 27.7 Å². The molecule has 1 aromatic heterocycles. The van der Waals surface area contributed by atoms with E-state index < -0.39 is 23.5 Å². The van der Waals surface area contributed by atoms with Gasteiger partial charge < -0.3 is 24.0 Å². The summed E-state index contributed by atoms with van der Waals surface area (Å²) >= 11 is 0. The molecule has 0 bridgehead atoms. The minimum absolute atomic E-state index is 0. The Hall–Kier alpha value is -3.04. The molecule has 148 valence electrons. The normalized spacial score (nSPS) is 9.23. The summed E-state index contributed by atoms with van der Waals surface area (Å²) in [6, 6.07) is 0. The lowest BCUT2D eigenvalue weighted by Crippen LogP contribution is -2.18. The van der Waals surface area contributed by atoms with E-state index in [1.54, 1.807) is 27.7 Å². The molecular formula is C16H26N2O8. The number of aromatic amines is 2. The van der Waals surface area contributed by atoms with Gasteiger partial charge in [-0.15, -0.1) is 0 Å². The Labute approximate surface area is 151 Å². The number of aromatic nitrogens is 2. The van der Waals surface area contributed by atoms with Crippen LogP contribution in [0.25, 0.3) is 0 Å². The van der Waals surface area contributed by atoms with Gasteiger partial charge in [0.05, 0.1) is 26.4 Å². The van der Waals surface area contributed by atoms with Crippen LogP contribution in [0.2, 0.25) is 0 Å². The molecule has 0 saturated heterocycles. The maximum absolute atomic E-state index is 11.3. The number of ether oxygens (including phenoxy) is 4. The first-order valence-corrected chi connectivity index (χ1v) is 8.01. The van der Waals surface area contributed by atoms with Crippen molar-refractivity contribution < 1.29 is 34.8 Å². The van der Waals surface area contributed by atoms with Gasteiger partial charge in [0.1, 0.15) is 11.8 Å². The van der Waals surface area contributed by atoms with Gasteiger partial charge in [0.2, 0.25) is 0 Å². The van der Waals surface area contributed by atoms with Gasteiger partial charge in [-0.3, -0.25) is 9.89 Å². The molecule has 0 aliphatic heterocycles. The highest BCUT2D eigenvalue weighted by molar-refractivity contribution is 6.13. The predicted molar refractivity (Wildman–Crippen MR) is 92.5 cm³/mol. The molecule has 0 amide bonds. The first kappa shape index (κ1) is 23.0. The molecule has 1 aromatic rings. The second-order valence-corrected chi connectivity index (χ2v) is 4.30. The summed E-state index contributed by atoms with van der Waals surface area (Å²) < 4.78 is 18.8. The Bertz CT molecular complexity index is 645. The van der Waals surface area contributed by atoms with Crippen molar-refractivity contribution in [3.8, 4) is 0 Å². The standard InChI is InChI=1S/C10H16O5.C6H8N2O3.H2/c1-4-13-7-8(9(11)14-5-2)10(12)15-6-3;1-2-11-6(10)4-3-7-8-5(4)9;/h7H,4-6H2,1-3H3;3H,2H2,1H3,(H2,7,8,9);1H. The van der Waals surface area contributed by atoms with E-state index in [9.17, 15) is 19.2 Å². The van der Waals surface area contributed by atoms with Crippen LogP contribution in [0.1, 0.15) is 39.5 Å². The van der Waals surface area contributed by atoms with E-state index in [4.69, 9.17) is 4.74 Å². The van der Waals surface area contributed by atoms with Gasteiger partial charge >= 0.3 is 17.9 Å². The fraction of sp³-hybridized carbons (Fsp3) is 0.500.